The lowest BCUT2D eigenvalue weighted by Crippen LogP contribution is -2.18. The highest BCUT2D eigenvalue weighted by Crippen LogP contribution is 2.14. The molecule has 0 fully saturated rings. The van der Waals surface area contributed by atoms with E-state index in [0.717, 1.165) is 5.56 Å². The monoisotopic (exact) mass is 243 g/mol. The van der Waals surface area contributed by atoms with Gasteiger partial charge in [-0.3, -0.25) is 15.6 Å². The SMILES string of the molecule is Cc1ccc(NC(=O)c2cnccc2NN)nc1. The van der Waals surface area contributed by atoms with Gasteiger partial charge in [0.15, 0.2) is 0 Å². The summed E-state index contributed by atoms with van der Waals surface area (Å²) in [6.45, 7) is 1.93. The summed E-state index contributed by atoms with van der Waals surface area (Å²) in [5.74, 6) is 5.50. The van der Waals surface area contributed by atoms with E-state index in [0.29, 0.717) is 17.1 Å². The number of nitrogens with zero attached hydrogens (tertiary/aromatic N) is 2. The van der Waals surface area contributed by atoms with Crippen LogP contribution in [0.25, 0.3) is 0 Å². The van der Waals surface area contributed by atoms with Crippen molar-refractivity contribution in [2.75, 3.05) is 10.7 Å². The fourth-order valence-corrected chi connectivity index (χ4v) is 1.43. The molecule has 0 spiro atoms. The van der Waals surface area contributed by atoms with Gasteiger partial charge in [0.1, 0.15) is 5.82 Å². The van der Waals surface area contributed by atoms with E-state index in [2.05, 4.69) is 20.7 Å². The molecule has 2 heterocycles. The Morgan fingerprint density at radius 3 is 2.78 bits per heavy atom. The van der Waals surface area contributed by atoms with Crippen molar-refractivity contribution < 1.29 is 4.79 Å². The number of amides is 1. The highest BCUT2D eigenvalue weighted by atomic mass is 16.1. The van der Waals surface area contributed by atoms with Crippen LogP contribution in [0.2, 0.25) is 0 Å². The van der Waals surface area contributed by atoms with Crippen LogP contribution in [-0.4, -0.2) is 15.9 Å². The molecule has 1 amide bonds. The molecule has 2 aromatic rings. The van der Waals surface area contributed by atoms with Crippen molar-refractivity contribution in [1.29, 1.82) is 0 Å². The number of rotatable bonds is 3. The van der Waals surface area contributed by atoms with Crippen LogP contribution in [0.15, 0.2) is 36.8 Å². The van der Waals surface area contributed by atoms with Gasteiger partial charge >= 0.3 is 0 Å². The minimum atomic E-state index is -0.313. The summed E-state index contributed by atoms with van der Waals surface area (Å²) in [5, 5.41) is 2.67. The zero-order chi connectivity index (χ0) is 13.0. The van der Waals surface area contributed by atoms with Gasteiger partial charge in [-0.15, -0.1) is 0 Å². The van der Waals surface area contributed by atoms with Gasteiger partial charge in [-0.1, -0.05) is 6.07 Å². The average Bonchev–Trinajstić information content (AvgIpc) is 2.41. The predicted octanol–water partition coefficient (Wildman–Crippen LogP) is 1.32. The zero-order valence-electron chi connectivity index (χ0n) is 9.84. The minimum Gasteiger partial charge on any atom is -0.323 e. The van der Waals surface area contributed by atoms with E-state index in [1.165, 1.54) is 6.20 Å². The number of aromatic nitrogens is 2. The molecule has 4 N–H and O–H groups in total. The molecule has 2 rings (SSSR count). The lowest BCUT2D eigenvalue weighted by molar-refractivity contribution is 0.102. The molecular formula is C12H13N5O. The van der Waals surface area contributed by atoms with E-state index >= 15 is 0 Å². The summed E-state index contributed by atoms with van der Waals surface area (Å²) in [7, 11) is 0. The second-order valence-corrected chi connectivity index (χ2v) is 3.74. The average molecular weight is 243 g/mol. The van der Waals surface area contributed by atoms with Gasteiger partial charge in [0, 0.05) is 18.6 Å². The second-order valence-electron chi connectivity index (χ2n) is 3.74. The van der Waals surface area contributed by atoms with E-state index < -0.39 is 0 Å². The Morgan fingerprint density at radius 2 is 2.11 bits per heavy atom. The molecule has 0 aliphatic carbocycles. The normalized spacial score (nSPS) is 9.89. The van der Waals surface area contributed by atoms with Crippen molar-refractivity contribution in [3.63, 3.8) is 0 Å². The van der Waals surface area contributed by atoms with Crippen LogP contribution in [-0.2, 0) is 0 Å². The molecule has 0 radical (unpaired) electrons. The number of pyridine rings is 2. The number of aryl methyl sites for hydroxylation is 1. The standard InChI is InChI=1S/C12H13N5O/c1-8-2-3-11(15-6-8)16-12(18)9-7-14-5-4-10(9)17-13/h2-7H,13H2,1H3,(H,14,17)(H,15,16,18). The van der Waals surface area contributed by atoms with E-state index in [9.17, 15) is 4.79 Å². The van der Waals surface area contributed by atoms with E-state index in [1.54, 1.807) is 24.5 Å². The van der Waals surface area contributed by atoms with Crippen LogP contribution in [0.4, 0.5) is 11.5 Å². The molecule has 0 unspecified atom stereocenters. The first-order valence-electron chi connectivity index (χ1n) is 5.35. The lowest BCUT2D eigenvalue weighted by Gasteiger charge is -2.08. The summed E-state index contributed by atoms with van der Waals surface area (Å²) in [5.41, 5.74) is 4.35. The Bertz CT molecular complexity index is 553. The summed E-state index contributed by atoms with van der Waals surface area (Å²) in [6, 6.07) is 5.23. The Labute approximate surface area is 104 Å². The van der Waals surface area contributed by atoms with Crippen molar-refractivity contribution in [2.45, 2.75) is 6.92 Å². The maximum Gasteiger partial charge on any atom is 0.260 e. The summed E-state index contributed by atoms with van der Waals surface area (Å²) in [6.07, 6.45) is 4.68. The molecule has 0 saturated carbocycles. The van der Waals surface area contributed by atoms with E-state index in [1.807, 2.05) is 13.0 Å². The number of anilines is 2. The lowest BCUT2D eigenvalue weighted by atomic mass is 10.2. The first-order valence-corrected chi connectivity index (χ1v) is 5.35. The molecule has 18 heavy (non-hydrogen) atoms. The van der Waals surface area contributed by atoms with Crippen molar-refractivity contribution >= 4 is 17.4 Å². The van der Waals surface area contributed by atoms with Crippen LogP contribution in [0.3, 0.4) is 0 Å². The number of hydrogen-bond acceptors (Lipinski definition) is 5. The smallest absolute Gasteiger partial charge is 0.260 e. The van der Waals surface area contributed by atoms with Crippen LogP contribution in [0.1, 0.15) is 15.9 Å². The molecule has 0 atom stereocenters. The first-order chi connectivity index (χ1) is 8.70. The Balaban J connectivity index is 2.19. The quantitative estimate of drug-likeness (QED) is 0.558. The fourth-order valence-electron chi connectivity index (χ4n) is 1.43. The number of nitrogens with two attached hydrogens (primary N) is 1. The van der Waals surface area contributed by atoms with Crippen molar-refractivity contribution in [2.24, 2.45) is 5.84 Å². The van der Waals surface area contributed by atoms with Crippen LogP contribution < -0.4 is 16.6 Å². The van der Waals surface area contributed by atoms with Crippen LogP contribution >= 0.6 is 0 Å². The van der Waals surface area contributed by atoms with Crippen molar-refractivity contribution in [3.05, 3.63) is 47.9 Å². The summed E-state index contributed by atoms with van der Waals surface area (Å²) >= 11 is 0. The first kappa shape index (κ1) is 12.0. The minimum absolute atomic E-state index is 0.313. The molecule has 0 aliphatic heterocycles. The van der Waals surface area contributed by atoms with Crippen molar-refractivity contribution in [3.8, 4) is 0 Å². The maximum atomic E-state index is 12.0. The van der Waals surface area contributed by atoms with Gasteiger partial charge in [-0.05, 0) is 24.6 Å². The Kier molecular flexibility index (Phi) is 3.49. The molecule has 0 saturated heterocycles. The maximum absolute atomic E-state index is 12.0. The topological polar surface area (TPSA) is 92.9 Å². The molecule has 0 aromatic carbocycles. The molecule has 0 bridgehead atoms. The number of nitrogen functional groups attached to an aromatic ring is 1. The van der Waals surface area contributed by atoms with E-state index in [4.69, 9.17) is 5.84 Å². The van der Waals surface area contributed by atoms with Gasteiger partial charge in [-0.2, -0.15) is 0 Å². The highest BCUT2D eigenvalue weighted by Gasteiger charge is 2.11. The number of nitrogens with one attached hydrogen (secondary N) is 2. The third-order valence-electron chi connectivity index (χ3n) is 2.37. The third kappa shape index (κ3) is 2.61. The third-order valence-corrected chi connectivity index (χ3v) is 2.37. The van der Waals surface area contributed by atoms with Gasteiger partial charge < -0.3 is 10.7 Å². The van der Waals surface area contributed by atoms with Gasteiger partial charge in [0.25, 0.3) is 5.91 Å². The highest BCUT2D eigenvalue weighted by molar-refractivity contribution is 6.07. The molecular weight excluding hydrogens is 230 g/mol. The molecule has 0 aliphatic rings. The number of carbonyl (C=O) groups is 1. The van der Waals surface area contributed by atoms with Crippen LogP contribution in [0, 0.1) is 6.92 Å². The van der Waals surface area contributed by atoms with Gasteiger partial charge in [-0.25, -0.2) is 4.98 Å². The van der Waals surface area contributed by atoms with Crippen molar-refractivity contribution in [1.82, 2.24) is 9.97 Å². The largest absolute Gasteiger partial charge is 0.323 e. The Hall–Kier alpha value is -2.47. The second kappa shape index (κ2) is 5.24. The zero-order valence-corrected chi connectivity index (χ0v) is 9.84. The summed E-state index contributed by atoms with van der Waals surface area (Å²) in [4.78, 5) is 20.0. The molecule has 2 aromatic heterocycles. The number of hydrazine groups is 1. The predicted molar refractivity (Wildman–Crippen MR) is 69.0 cm³/mol. The molecule has 6 nitrogen and oxygen atoms in total. The van der Waals surface area contributed by atoms with Crippen LogP contribution in [0.5, 0.6) is 0 Å². The number of hydrogen-bond donors (Lipinski definition) is 3. The molecule has 6 heteroatoms. The Morgan fingerprint density at radius 1 is 1.28 bits per heavy atom. The van der Waals surface area contributed by atoms with Gasteiger partial charge in [0.05, 0.1) is 11.3 Å². The fraction of sp³-hybridized carbons (Fsp3) is 0.0833. The van der Waals surface area contributed by atoms with Gasteiger partial charge in [0.2, 0.25) is 0 Å². The summed E-state index contributed by atoms with van der Waals surface area (Å²) < 4.78 is 0. The number of carbonyl (C=O) groups excluding carboxylic acids is 1. The molecule has 92 valence electrons. The van der Waals surface area contributed by atoms with E-state index in [-0.39, 0.29) is 5.91 Å².